The Bertz CT molecular complexity index is 246. The van der Waals surface area contributed by atoms with Gasteiger partial charge < -0.3 is 14.2 Å². The summed E-state index contributed by atoms with van der Waals surface area (Å²) in [5.41, 5.74) is 0. The molecule has 0 spiro atoms. The van der Waals surface area contributed by atoms with Crippen LogP contribution in [0.15, 0.2) is 12.1 Å². The number of benzene rings is 1. The van der Waals surface area contributed by atoms with Crippen LogP contribution in [0, 0.1) is 6.07 Å². The zero-order valence-electron chi connectivity index (χ0n) is 8.46. The second-order valence-electron chi connectivity index (χ2n) is 2.11. The number of rotatable bonds is 3. The van der Waals surface area contributed by atoms with E-state index in [4.69, 9.17) is 14.2 Å². The molecule has 3 nitrogen and oxygen atoms in total. The zero-order valence-corrected chi connectivity index (χ0v) is 13.0. The Morgan fingerprint density at radius 3 is 2.21 bits per heavy atom. The van der Waals surface area contributed by atoms with Gasteiger partial charge in [-0.25, -0.2) is 0 Å². The predicted molar refractivity (Wildman–Crippen MR) is 53.9 cm³/mol. The molecule has 0 unspecified atom stereocenters. The Hall–Kier alpha value is -0.277. The van der Waals surface area contributed by atoms with E-state index in [-0.39, 0.29) is 0 Å². The maximum atomic E-state index is 5.08. The topological polar surface area (TPSA) is 27.7 Å². The minimum atomic E-state index is 0.553. The van der Waals surface area contributed by atoms with E-state index in [1.54, 1.807) is 33.5 Å². The molecule has 0 aromatic heterocycles. The fourth-order valence-electron chi connectivity index (χ4n) is 0.952. The molecule has 0 aliphatic heterocycles. The fourth-order valence-corrected chi connectivity index (χ4v) is 0.952. The van der Waals surface area contributed by atoms with Crippen LogP contribution in [0.25, 0.3) is 0 Å². The van der Waals surface area contributed by atoms with E-state index in [0.717, 1.165) is 0 Å². The van der Waals surface area contributed by atoms with Gasteiger partial charge in [-0.05, 0) is 0 Å². The van der Waals surface area contributed by atoms with Crippen molar-refractivity contribution in [2.24, 2.45) is 0 Å². The van der Waals surface area contributed by atoms with E-state index in [2.05, 4.69) is 19.7 Å². The van der Waals surface area contributed by atoms with E-state index < -0.39 is 0 Å². The van der Waals surface area contributed by atoms with Gasteiger partial charge >= 0.3 is 30.0 Å². The number of hydrogen-bond donors (Lipinski definition) is 0. The van der Waals surface area contributed by atoms with Crippen LogP contribution in [-0.4, -0.2) is 21.3 Å². The third-order valence-corrected chi connectivity index (χ3v) is 1.51. The summed E-state index contributed by atoms with van der Waals surface area (Å²) in [6.45, 7) is 0. The Labute approximate surface area is 101 Å². The summed E-state index contributed by atoms with van der Waals surface area (Å²) in [6.07, 6.45) is 0. The number of hydrogen-bond acceptors (Lipinski definition) is 3. The summed E-state index contributed by atoms with van der Waals surface area (Å²) in [7, 11) is 4.71. The van der Waals surface area contributed by atoms with Gasteiger partial charge in [-0.2, -0.15) is 6.07 Å². The van der Waals surface area contributed by atoms with E-state index in [9.17, 15) is 0 Å². The molecular formula is C9H11BrO3Zn. The Kier molecular flexibility index (Phi) is 7.91. The van der Waals surface area contributed by atoms with E-state index >= 15 is 0 Å². The molecule has 1 aromatic rings. The van der Waals surface area contributed by atoms with Crippen LogP contribution in [0.3, 0.4) is 0 Å². The van der Waals surface area contributed by atoms with Crippen molar-refractivity contribution in [2.75, 3.05) is 21.3 Å². The van der Waals surface area contributed by atoms with Crippen LogP contribution in [0.5, 0.6) is 17.2 Å². The van der Waals surface area contributed by atoms with Crippen molar-refractivity contribution in [3.63, 3.8) is 0 Å². The van der Waals surface area contributed by atoms with Gasteiger partial charge in [0.1, 0.15) is 0 Å². The molecule has 0 fully saturated rings. The Balaban J connectivity index is 0.000000791. The molecule has 5 heteroatoms. The first-order valence-electron chi connectivity index (χ1n) is 3.77. The van der Waals surface area contributed by atoms with Gasteiger partial charge in [-0.15, -0.1) is 12.1 Å². The summed E-state index contributed by atoms with van der Waals surface area (Å²) >= 11 is 4.25. The molecule has 0 saturated carbocycles. The molecule has 0 saturated heterocycles. The van der Waals surface area contributed by atoms with Crippen LogP contribution < -0.4 is 14.2 Å². The molecule has 1 rings (SSSR count). The van der Waals surface area contributed by atoms with Crippen LogP contribution in [0.2, 0.25) is 0 Å². The maximum absolute atomic E-state index is 5.08. The third kappa shape index (κ3) is 3.47. The molecule has 0 aliphatic rings. The second kappa shape index (κ2) is 8.07. The molecule has 0 atom stereocenters. The van der Waals surface area contributed by atoms with Gasteiger partial charge in [0.25, 0.3) is 0 Å². The van der Waals surface area contributed by atoms with Crippen molar-refractivity contribution < 1.29 is 30.6 Å². The first kappa shape index (κ1) is 13.7. The van der Waals surface area contributed by atoms with Crippen molar-refractivity contribution in [1.82, 2.24) is 0 Å². The molecule has 0 amide bonds. The van der Waals surface area contributed by atoms with E-state index in [1.807, 2.05) is 0 Å². The van der Waals surface area contributed by atoms with Crippen molar-refractivity contribution in [1.29, 1.82) is 0 Å². The van der Waals surface area contributed by atoms with Crippen molar-refractivity contribution in [3.05, 3.63) is 18.2 Å². The molecule has 0 radical (unpaired) electrons. The molecule has 0 N–H and O–H groups in total. The fraction of sp³-hybridized carbons (Fsp3) is 0.333. The molecule has 1 aromatic carbocycles. The standard InChI is InChI=1S/C9H11O3.BrH.Zn/c1-10-7-5-4-6-8(11-2)9(7)12-3;;/h4-5H,1-3H3;1H;/q-1;;+2/p-1. The summed E-state index contributed by atoms with van der Waals surface area (Å²) in [5, 5.41) is 0. The predicted octanol–water partition coefficient (Wildman–Crippen LogP) is 2.36. The first-order chi connectivity index (χ1) is 6.83. The summed E-state index contributed by atoms with van der Waals surface area (Å²) in [4.78, 5) is 0. The average molecular weight is 312 g/mol. The summed E-state index contributed by atoms with van der Waals surface area (Å²) in [6, 6.07) is 6.37. The number of ether oxygens (including phenoxy) is 3. The van der Waals surface area contributed by atoms with Gasteiger partial charge in [0.05, 0.1) is 38.6 Å². The van der Waals surface area contributed by atoms with Crippen LogP contribution >= 0.6 is 13.6 Å². The molecule has 74 valence electrons. The molecular weight excluding hydrogens is 301 g/mol. The zero-order chi connectivity index (χ0) is 11.0. The Morgan fingerprint density at radius 2 is 1.79 bits per heavy atom. The SMILES string of the molecule is COc1[c-]ccc(OC)c1OC.[Zn+][Br]. The van der Waals surface area contributed by atoms with Gasteiger partial charge in [-0.1, -0.05) is 0 Å². The number of methoxy groups -OCH3 is 3. The number of halogens is 1. The summed E-state index contributed by atoms with van der Waals surface area (Å²) < 4.78 is 15.1. The molecule has 14 heavy (non-hydrogen) atoms. The second-order valence-corrected chi connectivity index (χ2v) is 2.11. The van der Waals surface area contributed by atoms with Crippen molar-refractivity contribution in [2.45, 2.75) is 0 Å². The van der Waals surface area contributed by atoms with E-state index in [1.165, 1.54) is 16.3 Å². The van der Waals surface area contributed by atoms with Gasteiger partial charge in [0, 0.05) is 0 Å². The first-order valence-corrected chi connectivity index (χ1v) is 10.7. The normalized spacial score (nSPS) is 8.43. The molecule has 0 heterocycles. The van der Waals surface area contributed by atoms with Crippen molar-refractivity contribution >= 4 is 13.6 Å². The van der Waals surface area contributed by atoms with Crippen LogP contribution in [0.4, 0.5) is 0 Å². The minimum absolute atomic E-state index is 0.553. The molecule has 0 aliphatic carbocycles. The quantitative estimate of drug-likeness (QED) is 0.633. The van der Waals surface area contributed by atoms with Crippen LogP contribution in [-0.2, 0) is 16.3 Å². The molecule has 0 bridgehead atoms. The monoisotopic (exact) mass is 310 g/mol. The van der Waals surface area contributed by atoms with E-state index in [0.29, 0.717) is 17.2 Å². The van der Waals surface area contributed by atoms with Gasteiger partial charge in [-0.3, -0.25) is 0 Å². The van der Waals surface area contributed by atoms with Crippen LogP contribution in [0.1, 0.15) is 0 Å². The Morgan fingerprint density at radius 1 is 1.14 bits per heavy atom. The third-order valence-electron chi connectivity index (χ3n) is 1.51. The van der Waals surface area contributed by atoms with Gasteiger partial charge in [0.2, 0.25) is 0 Å². The van der Waals surface area contributed by atoms with Gasteiger partial charge in [0.15, 0.2) is 0 Å². The summed E-state index contributed by atoms with van der Waals surface area (Å²) in [5.74, 6) is 1.77. The van der Waals surface area contributed by atoms with Crippen molar-refractivity contribution in [3.8, 4) is 17.2 Å². The average Bonchev–Trinajstić information content (AvgIpc) is 2.30.